The molecule has 2 atom stereocenters. The van der Waals surface area contributed by atoms with Gasteiger partial charge >= 0.3 is 0 Å². The molecule has 2 aromatic carbocycles. The zero-order chi connectivity index (χ0) is 26.2. The summed E-state index contributed by atoms with van der Waals surface area (Å²) < 4.78 is 31.5. The van der Waals surface area contributed by atoms with Crippen LogP contribution in [0.5, 0.6) is 5.75 Å². The Labute approximate surface area is 209 Å². The smallest absolute Gasteiger partial charge is 0.244 e. The van der Waals surface area contributed by atoms with Crippen LogP contribution in [0.4, 0.5) is 5.69 Å². The first kappa shape index (κ1) is 28.2. The molecule has 9 heteroatoms. The molecule has 0 aliphatic heterocycles. The fraction of sp³-hybridized carbons (Fsp3) is 0.462. The molecule has 0 fully saturated rings. The summed E-state index contributed by atoms with van der Waals surface area (Å²) in [5.41, 5.74) is 2.22. The molecule has 0 heterocycles. The number of hydrogen-bond donors (Lipinski definition) is 1. The number of sulfonamides is 1. The highest BCUT2D eigenvalue weighted by atomic mass is 32.2. The molecule has 2 rings (SSSR count). The Hall–Kier alpha value is -3.07. The second-order valence-corrected chi connectivity index (χ2v) is 10.6. The lowest BCUT2D eigenvalue weighted by Crippen LogP contribution is -2.53. The maximum Gasteiger partial charge on any atom is 0.244 e. The number of carbonyl (C=O) groups is 2. The molecule has 0 spiro atoms. The van der Waals surface area contributed by atoms with Crippen molar-refractivity contribution in [1.29, 1.82) is 0 Å². The molecule has 35 heavy (non-hydrogen) atoms. The lowest BCUT2D eigenvalue weighted by atomic mass is 10.1. The fourth-order valence-corrected chi connectivity index (χ4v) is 4.54. The Kier molecular flexibility index (Phi) is 10.1. The second-order valence-electron chi connectivity index (χ2n) is 8.66. The molecule has 0 saturated heterocycles. The quantitative estimate of drug-likeness (QED) is 0.478. The van der Waals surface area contributed by atoms with Gasteiger partial charge in [-0.05, 0) is 62.1 Å². The molecule has 0 aromatic heterocycles. The summed E-state index contributed by atoms with van der Waals surface area (Å²) >= 11 is 0. The van der Waals surface area contributed by atoms with Gasteiger partial charge in [0.1, 0.15) is 18.3 Å². The molecule has 0 saturated carbocycles. The summed E-state index contributed by atoms with van der Waals surface area (Å²) in [4.78, 5) is 28.3. The van der Waals surface area contributed by atoms with E-state index in [0.29, 0.717) is 17.9 Å². The first-order valence-corrected chi connectivity index (χ1v) is 13.6. The maximum absolute atomic E-state index is 13.7. The number of amides is 2. The van der Waals surface area contributed by atoms with Crippen molar-refractivity contribution in [3.05, 3.63) is 59.7 Å². The van der Waals surface area contributed by atoms with E-state index >= 15 is 0 Å². The van der Waals surface area contributed by atoms with Gasteiger partial charge in [-0.3, -0.25) is 13.9 Å². The summed E-state index contributed by atoms with van der Waals surface area (Å²) in [7, 11) is -2.26. The molecule has 2 aromatic rings. The standard InChI is InChI=1S/C26H37N3O5S/c1-7-20(4)27-26(31)24(8-2)28(17-21-12-10-9-11-19(21)3)25(30)18-29(35(6,32)33)22-13-15-23(34-5)16-14-22/h9-16,20,24H,7-8,17-18H2,1-6H3,(H,27,31)/t20-,24-/m0/s1. The van der Waals surface area contributed by atoms with Crippen molar-refractivity contribution in [3.63, 3.8) is 0 Å². The van der Waals surface area contributed by atoms with E-state index in [-0.39, 0.29) is 18.5 Å². The third kappa shape index (κ3) is 7.71. The van der Waals surface area contributed by atoms with Crippen molar-refractivity contribution in [2.45, 2.75) is 59.2 Å². The Bertz CT molecular complexity index is 1100. The van der Waals surface area contributed by atoms with Gasteiger partial charge in [0.15, 0.2) is 0 Å². The number of ether oxygens (including phenoxy) is 1. The van der Waals surface area contributed by atoms with Crippen molar-refractivity contribution in [3.8, 4) is 5.75 Å². The van der Waals surface area contributed by atoms with E-state index in [4.69, 9.17) is 4.74 Å². The molecule has 8 nitrogen and oxygen atoms in total. The van der Waals surface area contributed by atoms with Crippen LogP contribution in [0, 0.1) is 6.92 Å². The predicted molar refractivity (Wildman–Crippen MR) is 139 cm³/mol. The summed E-state index contributed by atoms with van der Waals surface area (Å²) in [6.45, 7) is 7.44. The number of nitrogens with zero attached hydrogens (tertiary/aromatic N) is 2. The van der Waals surface area contributed by atoms with Crippen LogP contribution < -0.4 is 14.4 Å². The fourth-order valence-electron chi connectivity index (χ4n) is 3.69. The predicted octanol–water partition coefficient (Wildman–Crippen LogP) is 3.49. The number of aryl methyl sites for hydroxylation is 1. The van der Waals surface area contributed by atoms with E-state index in [2.05, 4.69) is 5.32 Å². The van der Waals surface area contributed by atoms with E-state index in [0.717, 1.165) is 28.1 Å². The lowest BCUT2D eigenvalue weighted by Gasteiger charge is -2.33. The van der Waals surface area contributed by atoms with Gasteiger partial charge in [0, 0.05) is 12.6 Å². The Balaban J connectivity index is 2.44. The maximum atomic E-state index is 13.7. The minimum absolute atomic E-state index is 0.0428. The highest BCUT2D eigenvalue weighted by Crippen LogP contribution is 2.23. The number of benzene rings is 2. The van der Waals surface area contributed by atoms with E-state index in [1.165, 1.54) is 12.0 Å². The van der Waals surface area contributed by atoms with Crippen LogP contribution >= 0.6 is 0 Å². The van der Waals surface area contributed by atoms with Crippen LogP contribution in [-0.2, 0) is 26.2 Å². The first-order chi connectivity index (χ1) is 16.5. The minimum Gasteiger partial charge on any atom is -0.497 e. The van der Waals surface area contributed by atoms with Crippen molar-refractivity contribution in [2.24, 2.45) is 0 Å². The lowest BCUT2D eigenvalue weighted by molar-refractivity contribution is -0.140. The Morgan fingerprint density at radius 2 is 1.66 bits per heavy atom. The first-order valence-electron chi connectivity index (χ1n) is 11.8. The number of rotatable bonds is 12. The molecular formula is C26H37N3O5S. The van der Waals surface area contributed by atoms with E-state index in [1.54, 1.807) is 24.3 Å². The van der Waals surface area contributed by atoms with Gasteiger partial charge in [-0.1, -0.05) is 38.1 Å². The summed E-state index contributed by atoms with van der Waals surface area (Å²) in [6, 6.07) is 13.3. The van der Waals surface area contributed by atoms with Gasteiger partial charge in [0.2, 0.25) is 21.8 Å². The number of hydrogen-bond acceptors (Lipinski definition) is 5. The Morgan fingerprint density at radius 1 is 1.03 bits per heavy atom. The molecular weight excluding hydrogens is 466 g/mol. The number of nitrogens with one attached hydrogen (secondary N) is 1. The molecule has 192 valence electrons. The van der Waals surface area contributed by atoms with E-state index in [1.807, 2.05) is 52.0 Å². The van der Waals surface area contributed by atoms with Crippen LogP contribution in [-0.4, -0.2) is 57.1 Å². The zero-order valence-corrected chi connectivity index (χ0v) is 22.3. The highest BCUT2D eigenvalue weighted by Gasteiger charge is 2.32. The molecule has 0 bridgehead atoms. The van der Waals surface area contributed by atoms with E-state index < -0.39 is 28.5 Å². The Morgan fingerprint density at radius 3 is 2.17 bits per heavy atom. The van der Waals surface area contributed by atoms with Crippen LogP contribution in [0.3, 0.4) is 0 Å². The molecule has 2 amide bonds. The van der Waals surface area contributed by atoms with Crippen LogP contribution in [0.25, 0.3) is 0 Å². The van der Waals surface area contributed by atoms with Crippen molar-refractivity contribution >= 4 is 27.5 Å². The number of carbonyl (C=O) groups excluding carboxylic acids is 2. The summed E-state index contributed by atoms with van der Waals surface area (Å²) in [6.07, 6.45) is 2.21. The average Bonchev–Trinajstić information content (AvgIpc) is 2.82. The molecule has 0 radical (unpaired) electrons. The van der Waals surface area contributed by atoms with Gasteiger partial charge in [0.05, 0.1) is 19.1 Å². The summed E-state index contributed by atoms with van der Waals surface area (Å²) in [5, 5.41) is 2.97. The van der Waals surface area contributed by atoms with Crippen molar-refractivity contribution in [2.75, 3.05) is 24.2 Å². The third-order valence-electron chi connectivity index (χ3n) is 6.03. The van der Waals surface area contributed by atoms with Crippen molar-refractivity contribution in [1.82, 2.24) is 10.2 Å². The normalized spacial score (nSPS) is 13.0. The van der Waals surface area contributed by atoms with Gasteiger partial charge in [-0.2, -0.15) is 0 Å². The van der Waals surface area contributed by atoms with Gasteiger partial charge in [-0.15, -0.1) is 0 Å². The second kappa shape index (κ2) is 12.6. The van der Waals surface area contributed by atoms with Crippen LogP contribution in [0.15, 0.2) is 48.5 Å². The van der Waals surface area contributed by atoms with Crippen LogP contribution in [0.2, 0.25) is 0 Å². The average molecular weight is 504 g/mol. The van der Waals surface area contributed by atoms with E-state index in [9.17, 15) is 18.0 Å². The molecule has 0 aliphatic rings. The minimum atomic E-state index is -3.78. The van der Waals surface area contributed by atoms with Crippen molar-refractivity contribution < 1.29 is 22.7 Å². The SMILES string of the molecule is CC[C@H](C)NC(=O)[C@H](CC)N(Cc1ccccc1C)C(=O)CN(c1ccc(OC)cc1)S(C)(=O)=O. The van der Waals surface area contributed by atoms with Gasteiger partial charge in [0.25, 0.3) is 0 Å². The van der Waals surface area contributed by atoms with Gasteiger partial charge < -0.3 is 15.0 Å². The molecule has 0 aliphatic carbocycles. The summed E-state index contributed by atoms with van der Waals surface area (Å²) in [5.74, 6) is -0.137. The third-order valence-corrected chi connectivity index (χ3v) is 7.17. The van der Waals surface area contributed by atoms with Crippen LogP contribution in [0.1, 0.15) is 44.7 Å². The topological polar surface area (TPSA) is 96.0 Å². The highest BCUT2D eigenvalue weighted by molar-refractivity contribution is 7.92. The number of anilines is 1. The monoisotopic (exact) mass is 503 g/mol. The van der Waals surface area contributed by atoms with Gasteiger partial charge in [-0.25, -0.2) is 8.42 Å². The largest absolute Gasteiger partial charge is 0.497 e. The molecule has 0 unspecified atom stereocenters. The number of methoxy groups -OCH3 is 1. The molecule has 1 N–H and O–H groups in total. The zero-order valence-electron chi connectivity index (χ0n) is 21.4.